The Hall–Kier alpha value is -1.40. The maximum atomic E-state index is 12.0. The molecule has 6 nitrogen and oxygen atoms in total. The lowest BCUT2D eigenvalue weighted by atomic mass is 9.99. The van der Waals surface area contributed by atoms with Crippen LogP contribution in [0.1, 0.15) is 24.4 Å². The van der Waals surface area contributed by atoms with E-state index in [2.05, 4.69) is 14.9 Å². The molecule has 1 aromatic rings. The van der Waals surface area contributed by atoms with E-state index in [1.54, 1.807) is 7.11 Å². The molecule has 1 fully saturated rings. The van der Waals surface area contributed by atoms with Gasteiger partial charge in [0.25, 0.3) is 0 Å². The number of hydrogen-bond acceptors (Lipinski definition) is 4. The van der Waals surface area contributed by atoms with Crippen LogP contribution in [0.5, 0.6) is 0 Å². The summed E-state index contributed by atoms with van der Waals surface area (Å²) in [5.74, 6) is 1.25. The molecule has 1 aromatic heterocycles. The Morgan fingerprint density at radius 1 is 1.52 bits per heavy atom. The number of rotatable bonds is 7. The third-order valence-electron chi connectivity index (χ3n) is 3.90. The molecule has 118 valence electrons. The van der Waals surface area contributed by atoms with Crippen molar-refractivity contribution in [3.05, 3.63) is 17.7 Å². The molecule has 21 heavy (non-hydrogen) atoms. The van der Waals surface area contributed by atoms with Gasteiger partial charge in [0.2, 0.25) is 5.91 Å². The molecule has 1 aliphatic heterocycles. The predicted molar refractivity (Wildman–Crippen MR) is 79.1 cm³/mol. The zero-order chi connectivity index (χ0) is 15.1. The Kier molecular flexibility index (Phi) is 6.20. The average molecular weight is 295 g/mol. The number of aryl methyl sites for hydroxylation is 1. The monoisotopic (exact) mass is 295 g/mol. The molecule has 0 bridgehead atoms. The Balaban J connectivity index is 1.78. The summed E-state index contributed by atoms with van der Waals surface area (Å²) in [4.78, 5) is 16.5. The van der Waals surface area contributed by atoms with E-state index in [9.17, 15) is 4.79 Å². The highest BCUT2D eigenvalue weighted by Crippen LogP contribution is 2.14. The van der Waals surface area contributed by atoms with Gasteiger partial charge >= 0.3 is 0 Å². The summed E-state index contributed by atoms with van der Waals surface area (Å²) < 4.78 is 12.5. The largest absolute Gasteiger partial charge is 0.383 e. The third kappa shape index (κ3) is 4.54. The first-order valence-corrected chi connectivity index (χ1v) is 7.57. The molecule has 0 unspecified atom stereocenters. The molecule has 2 heterocycles. The van der Waals surface area contributed by atoms with Crippen LogP contribution in [0.25, 0.3) is 0 Å². The molecule has 1 saturated heterocycles. The van der Waals surface area contributed by atoms with Crippen molar-refractivity contribution in [3.63, 3.8) is 0 Å². The van der Waals surface area contributed by atoms with Crippen molar-refractivity contribution < 1.29 is 14.3 Å². The van der Waals surface area contributed by atoms with Crippen molar-refractivity contribution in [2.45, 2.75) is 32.7 Å². The molecule has 1 amide bonds. The minimum Gasteiger partial charge on any atom is -0.383 e. The van der Waals surface area contributed by atoms with E-state index < -0.39 is 0 Å². The van der Waals surface area contributed by atoms with Gasteiger partial charge in [0, 0.05) is 57.6 Å². The molecule has 0 aliphatic carbocycles. The number of imidazole rings is 1. The highest BCUT2D eigenvalue weighted by atomic mass is 16.5. The van der Waals surface area contributed by atoms with Gasteiger partial charge in [0.1, 0.15) is 5.82 Å². The summed E-state index contributed by atoms with van der Waals surface area (Å²) in [6, 6.07) is 0. The lowest BCUT2D eigenvalue weighted by Gasteiger charge is -2.21. The number of ether oxygens (including phenoxy) is 2. The number of hydrogen-bond donors (Lipinski definition) is 1. The van der Waals surface area contributed by atoms with E-state index in [0.717, 1.165) is 37.3 Å². The summed E-state index contributed by atoms with van der Waals surface area (Å²) in [6.07, 6.45) is 4.26. The smallest absolute Gasteiger partial charge is 0.223 e. The minimum atomic E-state index is 0.105. The molecule has 2 rings (SSSR count). The van der Waals surface area contributed by atoms with Crippen LogP contribution >= 0.6 is 0 Å². The van der Waals surface area contributed by atoms with Gasteiger partial charge in [0.05, 0.1) is 6.61 Å². The van der Waals surface area contributed by atoms with E-state index >= 15 is 0 Å². The standard InChI is InChI=1S/C15H25N3O3/c1-12-11-17-14(18(12)7-10-20-2)3-6-16-15(19)13-4-8-21-9-5-13/h11,13H,3-10H2,1-2H3,(H,16,19). The lowest BCUT2D eigenvalue weighted by Crippen LogP contribution is -2.35. The summed E-state index contributed by atoms with van der Waals surface area (Å²) >= 11 is 0. The fraction of sp³-hybridized carbons (Fsp3) is 0.733. The maximum Gasteiger partial charge on any atom is 0.223 e. The average Bonchev–Trinajstić information content (AvgIpc) is 2.86. The Labute approximate surface area is 125 Å². The van der Waals surface area contributed by atoms with Crippen molar-refractivity contribution in [2.24, 2.45) is 5.92 Å². The number of aromatic nitrogens is 2. The van der Waals surface area contributed by atoms with Crippen molar-refractivity contribution in [2.75, 3.05) is 33.5 Å². The molecule has 0 saturated carbocycles. The Morgan fingerprint density at radius 2 is 2.29 bits per heavy atom. The van der Waals surface area contributed by atoms with Crippen LogP contribution in [0.3, 0.4) is 0 Å². The molecule has 1 N–H and O–H groups in total. The minimum absolute atomic E-state index is 0.105. The topological polar surface area (TPSA) is 65.4 Å². The first kappa shape index (κ1) is 16.0. The fourth-order valence-corrected chi connectivity index (χ4v) is 2.60. The molecule has 1 aliphatic rings. The molecule has 0 atom stereocenters. The van der Waals surface area contributed by atoms with E-state index in [1.165, 1.54) is 0 Å². The van der Waals surface area contributed by atoms with Gasteiger partial charge in [-0.25, -0.2) is 4.98 Å². The number of amides is 1. The van der Waals surface area contributed by atoms with Crippen LogP contribution in [0.4, 0.5) is 0 Å². The number of methoxy groups -OCH3 is 1. The summed E-state index contributed by atoms with van der Waals surface area (Å²) in [7, 11) is 1.69. The normalized spacial score (nSPS) is 16.1. The summed E-state index contributed by atoms with van der Waals surface area (Å²) in [6.45, 7) is 5.51. The van der Waals surface area contributed by atoms with Crippen molar-refractivity contribution >= 4 is 5.91 Å². The number of carbonyl (C=O) groups is 1. The predicted octanol–water partition coefficient (Wildman–Crippen LogP) is 0.923. The summed E-state index contributed by atoms with van der Waals surface area (Å²) in [5, 5.41) is 3.01. The third-order valence-corrected chi connectivity index (χ3v) is 3.90. The zero-order valence-electron chi connectivity index (χ0n) is 12.9. The van der Waals surface area contributed by atoms with Gasteiger partial charge in [-0.2, -0.15) is 0 Å². The fourth-order valence-electron chi connectivity index (χ4n) is 2.60. The molecule has 6 heteroatoms. The van der Waals surface area contributed by atoms with Gasteiger partial charge < -0.3 is 19.4 Å². The number of carbonyl (C=O) groups excluding carboxylic acids is 1. The van der Waals surface area contributed by atoms with Gasteiger partial charge in [-0.1, -0.05) is 0 Å². The first-order chi connectivity index (χ1) is 10.2. The molecule has 0 spiro atoms. The first-order valence-electron chi connectivity index (χ1n) is 7.57. The van der Waals surface area contributed by atoms with Gasteiger partial charge in [-0.15, -0.1) is 0 Å². The van der Waals surface area contributed by atoms with Gasteiger partial charge in [-0.3, -0.25) is 4.79 Å². The number of nitrogens with one attached hydrogen (secondary N) is 1. The zero-order valence-corrected chi connectivity index (χ0v) is 12.9. The summed E-state index contributed by atoms with van der Waals surface area (Å²) in [5.41, 5.74) is 1.12. The number of nitrogens with zero attached hydrogens (tertiary/aromatic N) is 2. The van der Waals surface area contributed by atoms with Crippen molar-refractivity contribution in [3.8, 4) is 0 Å². The lowest BCUT2D eigenvalue weighted by molar-refractivity contribution is -0.127. The second-order valence-electron chi connectivity index (χ2n) is 5.39. The maximum absolute atomic E-state index is 12.0. The van der Waals surface area contributed by atoms with Crippen molar-refractivity contribution in [1.29, 1.82) is 0 Å². The SMILES string of the molecule is COCCn1c(C)cnc1CCNC(=O)C1CCOCC1. The van der Waals surface area contributed by atoms with Gasteiger partial charge in [0.15, 0.2) is 0 Å². The highest BCUT2D eigenvalue weighted by Gasteiger charge is 2.21. The molecular formula is C15H25N3O3. The van der Waals surface area contributed by atoms with Crippen LogP contribution in [0.15, 0.2) is 6.20 Å². The van der Waals surface area contributed by atoms with E-state index in [4.69, 9.17) is 9.47 Å². The van der Waals surface area contributed by atoms with Gasteiger partial charge in [-0.05, 0) is 19.8 Å². The Bertz CT molecular complexity index is 453. The van der Waals surface area contributed by atoms with Crippen LogP contribution in [0.2, 0.25) is 0 Å². The second kappa shape index (κ2) is 8.14. The van der Waals surface area contributed by atoms with E-state index in [1.807, 2.05) is 13.1 Å². The van der Waals surface area contributed by atoms with Crippen LogP contribution in [-0.2, 0) is 27.2 Å². The van der Waals surface area contributed by atoms with Crippen LogP contribution in [0, 0.1) is 12.8 Å². The molecular weight excluding hydrogens is 270 g/mol. The van der Waals surface area contributed by atoms with Crippen molar-refractivity contribution in [1.82, 2.24) is 14.9 Å². The Morgan fingerprint density at radius 3 is 3.00 bits per heavy atom. The molecule has 0 radical (unpaired) electrons. The van der Waals surface area contributed by atoms with Crippen LogP contribution in [-0.4, -0.2) is 48.9 Å². The van der Waals surface area contributed by atoms with Crippen LogP contribution < -0.4 is 5.32 Å². The van der Waals surface area contributed by atoms with E-state index in [-0.39, 0.29) is 11.8 Å². The van der Waals surface area contributed by atoms with E-state index in [0.29, 0.717) is 26.4 Å². The molecule has 0 aromatic carbocycles. The second-order valence-corrected chi connectivity index (χ2v) is 5.39. The highest BCUT2D eigenvalue weighted by molar-refractivity contribution is 5.78. The quantitative estimate of drug-likeness (QED) is 0.812.